The Labute approximate surface area is 510 Å². The molecule has 23 nitrogen and oxygen atoms in total. The Morgan fingerprint density at radius 2 is 1.02 bits per heavy atom. The average molecular weight is 1250 g/mol. The molecule has 6 saturated heterocycles. The van der Waals surface area contributed by atoms with Gasteiger partial charge >= 0.3 is 0 Å². The SMILES string of the molecule is COCOC(COCCc1cccs1)COCC1CO1.Cc1ncsc1CCOCC1CO1.Cn1nccc1COCC(O)COCC1CO1.Cn1nccc1COCC1CO1.c1cc(OCC2CO2)ccn1.c1csc(CCOCC2CO2)c1. The number of thiophene rings is 2. The third-order valence-electron chi connectivity index (χ3n) is 12.5. The van der Waals surface area contributed by atoms with Crippen molar-refractivity contribution in [2.24, 2.45) is 14.1 Å². The minimum absolute atomic E-state index is 0.1000. The smallest absolute Gasteiger partial charge is 0.146 e. The molecular formula is C59H86N6O17S3. The summed E-state index contributed by atoms with van der Waals surface area (Å²) in [7, 11) is 5.37. The molecule has 0 amide bonds. The highest BCUT2D eigenvalue weighted by atomic mass is 32.1. The molecule has 6 aliphatic rings. The number of aliphatic hydroxyl groups excluding tert-OH is 1. The summed E-state index contributed by atoms with van der Waals surface area (Å²) in [5.74, 6) is 0.857. The molecule has 85 heavy (non-hydrogen) atoms. The van der Waals surface area contributed by atoms with Crippen molar-refractivity contribution >= 4 is 34.0 Å². The van der Waals surface area contributed by atoms with Crippen molar-refractivity contribution in [3.63, 3.8) is 0 Å². The molecule has 0 radical (unpaired) electrons. The number of aryl methyl sites for hydroxylation is 3. The van der Waals surface area contributed by atoms with Gasteiger partial charge in [-0.2, -0.15) is 10.2 Å². The molecule has 0 aromatic carbocycles. The number of hydrogen-bond acceptors (Lipinski definition) is 24. The molecule has 0 saturated carbocycles. The maximum Gasteiger partial charge on any atom is 0.146 e. The molecule has 1 N–H and O–H groups in total. The molecule has 0 spiro atoms. The average Bonchev–Trinajstić information content (AvgIpc) is 4.21. The molecular weight excluding hydrogens is 1160 g/mol. The summed E-state index contributed by atoms with van der Waals surface area (Å²) in [6, 6.07) is 15.9. The van der Waals surface area contributed by atoms with Crippen LogP contribution in [0.5, 0.6) is 5.75 Å². The van der Waals surface area contributed by atoms with E-state index in [2.05, 4.69) is 55.2 Å². The lowest BCUT2D eigenvalue weighted by atomic mass is 10.3. The first kappa shape index (κ1) is 68.3. The predicted octanol–water partition coefficient (Wildman–Crippen LogP) is 5.73. The fourth-order valence-electron chi connectivity index (χ4n) is 6.94. The van der Waals surface area contributed by atoms with Crippen LogP contribution in [0.25, 0.3) is 0 Å². The number of epoxide rings is 6. The molecule has 6 fully saturated rings. The number of rotatable bonds is 37. The maximum atomic E-state index is 9.57. The molecule has 12 heterocycles. The van der Waals surface area contributed by atoms with Crippen molar-refractivity contribution in [3.8, 4) is 5.75 Å². The van der Waals surface area contributed by atoms with Gasteiger partial charge in [0.05, 0.1) is 155 Å². The van der Waals surface area contributed by atoms with Crippen molar-refractivity contribution in [2.75, 3.05) is 139 Å². The van der Waals surface area contributed by atoms with E-state index in [0.717, 1.165) is 108 Å². The van der Waals surface area contributed by atoms with Gasteiger partial charge in [-0.05, 0) is 54.1 Å². The van der Waals surface area contributed by atoms with Crippen LogP contribution < -0.4 is 4.74 Å². The first-order valence-electron chi connectivity index (χ1n) is 28.7. The van der Waals surface area contributed by atoms with Gasteiger partial charge in [-0.25, -0.2) is 4.98 Å². The number of nitrogens with zero attached hydrogens (tertiary/aromatic N) is 6. The van der Waals surface area contributed by atoms with Crippen molar-refractivity contribution < 1.29 is 80.9 Å². The van der Waals surface area contributed by atoms with E-state index >= 15 is 0 Å². The zero-order valence-corrected chi connectivity index (χ0v) is 51.8. The van der Waals surface area contributed by atoms with Crippen LogP contribution >= 0.6 is 34.0 Å². The molecule has 6 aromatic rings. The van der Waals surface area contributed by atoms with Gasteiger partial charge in [-0.1, -0.05) is 12.1 Å². The molecule has 26 heteroatoms. The van der Waals surface area contributed by atoms with Gasteiger partial charge in [-0.15, -0.1) is 34.0 Å². The Balaban J connectivity index is 0.000000148. The number of ether oxygens (including phenoxy) is 16. The second kappa shape index (κ2) is 41.1. The number of thiazole rings is 1. The Morgan fingerprint density at radius 3 is 1.51 bits per heavy atom. The topological polar surface area (TPSA) is 249 Å². The number of pyridine rings is 1. The van der Waals surface area contributed by atoms with Crippen molar-refractivity contribution in [3.05, 3.63) is 121 Å². The van der Waals surface area contributed by atoms with Crippen LogP contribution in [0.4, 0.5) is 0 Å². The summed E-state index contributed by atoms with van der Waals surface area (Å²) >= 11 is 5.24. The van der Waals surface area contributed by atoms with E-state index in [9.17, 15) is 5.11 Å². The lowest BCUT2D eigenvalue weighted by Crippen LogP contribution is -2.27. The summed E-state index contributed by atoms with van der Waals surface area (Å²) in [4.78, 5) is 12.1. The quantitative estimate of drug-likeness (QED) is 0.0278. The second-order valence-electron chi connectivity index (χ2n) is 20.1. The molecule has 8 unspecified atom stereocenters. The first-order valence-corrected chi connectivity index (χ1v) is 31.3. The van der Waals surface area contributed by atoms with Crippen molar-refractivity contribution in [2.45, 2.75) is 88.2 Å². The molecule has 12 rings (SSSR count). The first-order chi connectivity index (χ1) is 41.8. The van der Waals surface area contributed by atoms with Gasteiger partial charge in [-0.3, -0.25) is 14.3 Å². The Morgan fingerprint density at radius 1 is 0.553 bits per heavy atom. The zero-order chi connectivity index (χ0) is 59.4. The van der Waals surface area contributed by atoms with Crippen LogP contribution in [-0.4, -0.2) is 223 Å². The minimum atomic E-state index is -0.595. The molecule has 6 aliphatic heterocycles. The molecule has 472 valence electrons. The number of methoxy groups -OCH3 is 1. The third-order valence-corrected chi connectivity index (χ3v) is 15.3. The summed E-state index contributed by atoms with van der Waals surface area (Å²) in [5, 5.41) is 21.8. The van der Waals surface area contributed by atoms with Crippen LogP contribution in [0.15, 0.2) is 89.6 Å². The standard InChI is InChI=1S/C14H22O5S.C11H18N2O4.C9H13NO2S.C9H12O2S.C8H12N2O2.C8H9NO2/c1-15-11-19-12(8-17-9-13-10-18-13)7-16-5-4-14-3-2-6-20-14;1-13-9(2-3-12-13)4-15-5-10(14)6-16-7-11-8-17-11;1-7-9(13-6-10-7)2-3-11-4-8-5-12-8;1-2-9(12-5-1)3-4-10-6-8-7-11-8;1-10-7(2-3-9-10)4-11-5-8-6-12-8;1-3-9-4-2-7(1)10-5-8-6-11-8/h2-3,6,12-13H,4-5,7-11H2,1H3;2-3,10-11,14H,4-8H2,1H3;6,8H,2-5H2,1H3;1-2,5,8H,3-4,6-7H2;2-3,8H,4-6H2,1H3;1-4,8H,5-6H2. The molecule has 0 bridgehead atoms. The number of hydrogen-bond donors (Lipinski definition) is 1. The largest absolute Gasteiger partial charge is 0.491 e. The Bertz CT molecular complexity index is 2540. The number of aromatic nitrogens is 6. The van der Waals surface area contributed by atoms with E-state index in [4.69, 9.17) is 75.8 Å². The Hall–Kier alpha value is -4.24. The second-order valence-corrected chi connectivity index (χ2v) is 23.1. The maximum absolute atomic E-state index is 9.57. The van der Waals surface area contributed by atoms with E-state index in [1.807, 2.05) is 55.5 Å². The summed E-state index contributed by atoms with van der Waals surface area (Å²) in [6.07, 6.45) is 11.1. The molecule has 0 aliphatic carbocycles. The summed E-state index contributed by atoms with van der Waals surface area (Å²) in [5.41, 5.74) is 5.09. The predicted molar refractivity (Wildman–Crippen MR) is 317 cm³/mol. The van der Waals surface area contributed by atoms with E-state index in [1.165, 1.54) is 14.6 Å². The summed E-state index contributed by atoms with van der Waals surface area (Å²) in [6.45, 7) is 16.3. The fraction of sp³-hybridized carbons (Fsp3) is 0.627. The van der Waals surface area contributed by atoms with Gasteiger partial charge in [0.25, 0.3) is 0 Å². The van der Waals surface area contributed by atoms with Crippen LogP contribution in [0, 0.1) is 6.92 Å². The minimum Gasteiger partial charge on any atom is -0.491 e. The van der Waals surface area contributed by atoms with Crippen LogP contribution in [0.2, 0.25) is 0 Å². The van der Waals surface area contributed by atoms with Crippen molar-refractivity contribution in [1.29, 1.82) is 0 Å². The van der Waals surface area contributed by atoms with Crippen LogP contribution in [-0.2, 0) is 118 Å². The normalized spacial score (nSPS) is 20.5. The van der Waals surface area contributed by atoms with Crippen LogP contribution in [0.3, 0.4) is 0 Å². The van der Waals surface area contributed by atoms with E-state index < -0.39 is 6.10 Å². The van der Waals surface area contributed by atoms with E-state index in [1.54, 1.807) is 70.6 Å². The highest BCUT2D eigenvalue weighted by molar-refractivity contribution is 7.10. The lowest BCUT2D eigenvalue weighted by Gasteiger charge is -2.17. The summed E-state index contributed by atoms with van der Waals surface area (Å²) < 4.78 is 87.6. The van der Waals surface area contributed by atoms with Gasteiger partial charge < -0.3 is 80.9 Å². The van der Waals surface area contributed by atoms with Gasteiger partial charge in [0.1, 0.15) is 68.0 Å². The van der Waals surface area contributed by atoms with Gasteiger partial charge in [0.2, 0.25) is 0 Å². The molecule has 6 aromatic heterocycles. The van der Waals surface area contributed by atoms with Crippen LogP contribution in [0.1, 0.15) is 31.7 Å². The number of aliphatic hydroxyl groups is 1. The highest BCUT2D eigenvalue weighted by Crippen LogP contribution is 2.17. The lowest BCUT2D eigenvalue weighted by molar-refractivity contribution is -0.120. The van der Waals surface area contributed by atoms with E-state index in [-0.39, 0.29) is 38.3 Å². The highest BCUT2D eigenvalue weighted by Gasteiger charge is 2.26. The monoisotopic (exact) mass is 1250 g/mol. The Kier molecular flexibility index (Phi) is 33.0. The fourth-order valence-corrected chi connectivity index (χ4v) is 9.09. The third kappa shape index (κ3) is 33.6. The van der Waals surface area contributed by atoms with Crippen molar-refractivity contribution in [1.82, 2.24) is 29.5 Å². The van der Waals surface area contributed by atoms with E-state index in [0.29, 0.717) is 83.9 Å². The van der Waals surface area contributed by atoms with Gasteiger partial charge in [0, 0.05) is 79.9 Å². The van der Waals surface area contributed by atoms with Gasteiger partial charge in [0.15, 0.2) is 0 Å². The molecule has 8 atom stereocenters. The zero-order valence-electron chi connectivity index (χ0n) is 49.3.